The first-order chi connectivity index (χ1) is 16.3. The minimum atomic E-state index is -0.917. The first kappa shape index (κ1) is 27.7. The van der Waals surface area contributed by atoms with Crippen LogP contribution < -0.4 is 17.2 Å². The molecule has 0 saturated carbocycles. The van der Waals surface area contributed by atoms with Gasteiger partial charge in [-0.3, -0.25) is 4.98 Å². The number of esters is 1. The van der Waals surface area contributed by atoms with E-state index in [9.17, 15) is 9.59 Å². The van der Waals surface area contributed by atoms with Gasteiger partial charge in [0.1, 0.15) is 19.0 Å². The summed E-state index contributed by atoms with van der Waals surface area (Å²) in [5.74, 6) is 0.123. The lowest BCUT2D eigenvalue weighted by molar-refractivity contribution is 0.0530. The maximum atomic E-state index is 11.8. The lowest BCUT2D eigenvalue weighted by Gasteiger charge is -2.13. The number of hydrogen-bond donors (Lipinski definition) is 3. The van der Waals surface area contributed by atoms with Crippen molar-refractivity contribution in [2.45, 2.75) is 6.04 Å². The van der Waals surface area contributed by atoms with E-state index in [1.165, 1.54) is 27.8 Å². The van der Waals surface area contributed by atoms with Crippen LogP contribution in [-0.2, 0) is 9.47 Å². The highest BCUT2D eigenvalue weighted by atomic mass is 35.5. The smallest absolute Gasteiger partial charge is 0.436 e. The molecule has 1 heterocycles. The maximum absolute atomic E-state index is 11.8. The predicted octanol–water partition coefficient (Wildman–Crippen LogP) is 3.44. The summed E-state index contributed by atoms with van der Waals surface area (Å²) in [4.78, 5) is 34.7. The van der Waals surface area contributed by atoms with Crippen LogP contribution in [0.3, 0.4) is 0 Å². The molecule has 0 aliphatic heterocycles. The van der Waals surface area contributed by atoms with Gasteiger partial charge in [0.15, 0.2) is 0 Å². The van der Waals surface area contributed by atoms with Crippen molar-refractivity contribution in [2.24, 2.45) is 27.2 Å². The van der Waals surface area contributed by atoms with E-state index >= 15 is 0 Å². The number of rotatable bonds is 10. The fourth-order valence-corrected chi connectivity index (χ4v) is 4.37. The second-order valence-electron chi connectivity index (χ2n) is 6.26. The zero-order valence-electron chi connectivity index (χ0n) is 17.7. The highest BCUT2D eigenvalue weighted by Crippen LogP contribution is 2.29. The van der Waals surface area contributed by atoms with Crippen molar-refractivity contribution in [1.82, 2.24) is 4.98 Å². The zero-order valence-corrected chi connectivity index (χ0v) is 20.9. The van der Waals surface area contributed by atoms with Gasteiger partial charge in [-0.2, -0.15) is 4.99 Å². The van der Waals surface area contributed by atoms with Crippen molar-refractivity contribution in [1.29, 1.82) is 0 Å². The molecule has 0 spiro atoms. The molecule has 182 valence electrons. The number of guanidine groups is 1. The number of amides is 1. The van der Waals surface area contributed by atoms with Crippen LogP contribution in [0.25, 0.3) is 0 Å². The van der Waals surface area contributed by atoms with E-state index in [1.54, 1.807) is 36.5 Å². The fourth-order valence-electron chi connectivity index (χ4n) is 2.29. The van der Waals surface area contributed by atoms with Crippen molar-refractivity contribution in [2.75, 3.05) is 24.7 Å². The van der Waals surface area contributed by atoms with E-state index < -0.39 is 24.1 Å². The normalized spacial score (nSPS) is 12.8. The van der Waals surface area contributed by atoms with E-state index in [-0.39, 0.29) is 24.1 Å². The first-order valence-corrected chi connectivity index (χ1v) is 12.9. The minimum absolute atomic E-state index is 0.0968. The Hall–Kier alpha value is -2.51. The van der Waals surface area contributed by atoms with Gasteiger partial charge in [0, 0.05) is 23.9 Å². The monoisotopic (exact) mass is 544 g/mol. The molecular formula is C20H22Cl2N6O4S2. The first-order valence-electron chi connectivity index (χ1n) is 9.65. The van der Waals surface area contributed by atoms with Gasteiger partial charge in [-0.1, -0.05) is 56.9 Å². The minimum Gasteiger partial charge on any atom is -0.461 e. The quantitative estimate of drug-likeness (QED) is 0.132. The highest BCUT2D eigenvalue weighted by Gasteiger charge is 2.16. The van der Waals surface area contributed by atoms with Crippen LogP contribution >= 0.6 is 44.8 Å². The van der Waals surface area contributed by atoms with E-state index in [0.717, 1.165) is 0 Å². The van der Waals surface area contributed by atoms with Gasteiger partial charge in [-0.15, -0.1) is 4.99 Å². The number of carbonyl (C=O) groups is 2. The second kappa shape index (κ2) is 14.7. The Balaban J connectivity index is 1.65. The summed E-state index contributed by atoms with van der Waals surface area (Å²) in [5.41, 5.74) is 18.3. The predicted molar refractivity (Wildman–Crippen MR) is 137 cm³/mol. The molecule has 1 unspecified atom stereocenters. The van der Waals surface area contributed by atoms with E-state index in [1.807, 2.05) is 0 Å². The third-order valence-corrected chi connectivity index (χ3v) is 7.02. The summed E-state index contributed by atoms with van der Waals surface area (Å²) in [5, 5.41) is 0.557. The van der Waals surface area contributed by atoms with Gasteiger partial charge in [-0.05, 0) is 23.8 Å². The van der Waals surface area contributed by atoms with Crippen LogP contribution in [0.15, 0.2) is 52.7 Å². The molecule has 0 radical (unpaired) electrons. The summed E-state index contributed by atoms with van der Waals surface area (Å²) in [7, 11) is 2.91. The average Bonchev–Trinajstić information content (AvgIpc) is 2.82. The number of nitrogens with zero attached hydrogens (tertiary/aromatic N) is 3. The third kappa shape index (κ3) is 9.39. The van der Waals surface area contributed by atoms with Gasteiger partial charge >= 0.3 is 12.1 Å². The molecule has 2 aromatic rings. The SMILES string of the molecule is NC(=NC(=O)OCCSSCCOC(=O)c1cccnc1)N=C(N)C(N)c1cccc(Cl)c1Cl. The van der Waals surface area contributed by atoms with E-state index in [2.05, 4.69) is 15.0 Å². The van der Waals surface area contributed by atoms with Crippen LogP contribution in [0, 0.1) is 0 Å². The number of carbonyl (C=O) groups excluding carboxylic acids is 2. The van der Waals surface area contributed by atoms with Gasteiger partial charge < -0.3 is 26.7 Å². The van der Waals surface area contributed by atoms with Crippen molar-refractivity contribution in [3.63, 3.8) is 0 Å². The van der Waals surface area contributed by atoms with Gasteiger partial charge in [-0.25, -0.2) is 9.59 Å². The van der Waals surface area contributed by atoms with Crippen LogP contribution in [0.2, 0.25) is 10.0 Å². The number of halogens is 2. The number of nitrogens with two attached hydrogens (primary N) is 3. The second-order valence-corrected chi connectivity index (χ2v) is 9.75. The molecule has 10 nitrogen and oxygen atoms in total. The number of aliphatic imine (C=N–C) groups is 2. The van der Waals surface area contributed by atoms with Crippen LogP contribution in [0.1, 0.15) is 22.0 Å². The van der Waals surface area contributed by atoms with Crippen molar-refractivity contribution in [3.05, 3.63) is 63.9 Å². The van der Waals surface area contributed by atoms with Crippen LogP contribution in [-0.4, -0.2) is 53.6 Å². The standard InChI is InChI=1S/C20H22Cl2N6O4S2/c21-14-5-1-4-13(15(14)22)16(23)17(24)27-19(25)28-20(30)32-8-10-34-33-9-7-31-18(29)12-3-2-6-26-11-12/h1-6,11,16H,7-10,23H2,(H4,24,25,27,28,30). The Morgan fingerprint density at radius 3 is 2.41 bits per heavy atom. The molecule has 0 bridgehead atoms. The largest absolute Gasteiger partial charge is 0.461 e. The molecule has 2 rings (SSSR count). The molecule has 6 N–H and O–H groups in total. The molecule has 34 heavy (non-hydrogen) atoms. The number of hydrogen-bond acceptors (Lipinski definition) is 8. The van der Waals surface area contributed by atoms with Crippen molar-refractivity contribution in [3.8, 4) is 0 Å². The number of benzene rings is 1. The summed E-state index contributed by atoms with van der Waals surface area (Å²) in [6, 6.07) is 7.31. The van der Waals surface area contributed by atoms with Gasteiger partial charge in [0.25, 0.3) is 0 Å². The molecule has 0 saturated heterocycles. The van der Waals surface area contributed by atoms with Gasteiger partial charge in [0.2, 0.25) is 5.96 Å². The lowest BCUT2D eigenvalue weighted by atomic mass is 10.1. The Kier molecular flexibility index (Phi) is 12.0. The molecule has 0 aliphatic carbocycles. The Labute approximate surface area is 214 Å². The fraction of sp³-hybridized carbons (Fsp3) is 0.250. The molecule has 0 fully saturated rings. The number of pyridine rings is 1. The molecule has 1 aromatic carbocycles. The molecule has 1 amide bonds. The van der Waals surface area contributed by atoms with Crippen molar-refractivity contribution >= 4 is 68.6 Å². The highest BCUT2D eigenvalue weighted by molar-refractivity contribution is 8.76. The van der Waals surface area contributed by atoms with Crippen molar-refractivity contribution < 1.29 is 19.1 Å². The number of aromatic nitrogens is 1. The lowest BCUT2D eigenvalue weighted by Crippen LogP contribution is -2.31. The van der Waals surface area contributed by atoms with Gasteiger partial charge in [0.05, 0.1) is 21.7 Å². The summed E-state index contributed by atoms with van der Waals surface area (Å²) in [6.45, 7) is 0.341. The molecule has 14 heteroatoms. The summed E-state index contributed by atoms with van der Waals surface area (Å²) < 4.78 is 10.1. The Morgan fingerprint density at radius 1 is 1.03 bits per heavy atom. The molecule has 0 aliphatic rings. The molecule has 1 atom stereocenters. The zero-order chi connectivity index (χ0) is 24.9. The maximum Gasteiger partial charge on any atom is 0.436 e. The van der Waals surface area contributed by atoms with Crippen LogP contribution in [0.4, 0.5) is 4.79 Å². The third-order valence-electron chi connectivity index (χ3n) is 3.86. The van der Waals surface area contributed by atoms with E-state index in [0.29, 0.717) is 27.7 Å². The molecular weight excluding hydrogens is 523 g/mol. The Morgan fingerprint density at radius 2 is 1.74 bits per heavy atom. The summed E-state index contributed by atoms with van der Waals surface area (Å²) in [6.07, 6.45) is 2.10. The topological polar surface area (TPSA) is 168 Å². The summed E-state index contributed by atoms with van der Waals surface area (Å²) >= 11 is 12.1. The van der Waals surface area contributed by atoms with E-state index in [4.69, 9.17) is 49.9 Å². The average molecular weight is 545 g/mol. The number of amidine groups is 1. The number of ether oxygens (including phenoxy) is 2. The molecule has 1 aromatic heterocycles. The van der Waals surface area contributed by atoms with Crippen LogP contribution in [0.5, 0.6) is 0 Å². The Bertz CT molecular complexity index is 1040.